The summed E-state index contributed by atoms with van der Waals surface area (Å²) in [6.45, 7) is 12.0. The molecule has 0 fully saturated rings. The highest BCUT2D eigenvalue weighted by molar-refractivity contribution is 6.31. The van der Waals surface area contributed by atoms with Gasteiger partial charge in [0.2, 0.25) is 15.7 Å². The Kier molecular flexibility index (Phi) is 4.17. The van der Waals surface area contributed by atoms with Gasteiger partial charge in [0.25, 0.3) is 0 Å². The molecule has 1 N–H and O–H groups in total. The largest absolute Gasteiger partial charge is 0.440 e. The van der Waals surface area contributed by atoms with Crippen molar-refractivity contribution in [2.75, 3.05) is 0 Å². The van der Waals surface area contributed by atoms with Crippen LogP contribution in [0.5, 0.6) is 0 Å². The molecule has 0 amide bonds. The fourth-order valence-electron chi connectivity index (χ4n) is 1.41. The van der Waals surface area contributed by atoms with Gasteiger partial charge in [0, 0.05) is 0 Å². The highest BCUT2D eigenvalue weighted by Crippen LogP contribution is 2.31. The zero-order valence-corrected chi connectivity index (χ0v) is 12.4. The SMILES string of the molecule is Cc1nc(CO)oc1C(C)(C)O[Si]C(C)(C)C. The van der Waals surface area contributed by atoms with Crippen LogP contribution in [0.15, 0.2) is 4.42 Å². The van der Waals surface area contributed by atoms with Crippen molar-refractivity contribution < 1.29 is 13.9 Å². The smallest absolute Gasteiger partial charge is 0.237 e. The molecule has 96 valence electrons. The van der Waals surface area contributed by atoms with Gasteiger partial charge < -0.3 is 13.9 Å². The monoisotopic (exact) mass is 255 g/mol. The van der Waals surface area contributed by atoms with Crippen LogP contribution in [0.25, 0.3) is 0 Å². The van der Waals surface area contributed by atoms with E-state index in [1.807, 2.05) is 20.8 Å². The van der Waals surface area contributed by atoms with Crippen molar-refractivity contribution in [1.29, 1.82) is 0 Å². The molecule has 1 rings (SSSR count). The van der Waals surface area contributed by atoms with Gasteiger partial charge in [0.15, 0.2) is 5.76 Å². The van der Waals surface area contributed by atoms with Crippen molar-refractivity contribution >= 4 is 9.76 Å². The van der Waals surface area contributed by atoms with Gasteiger partial charge >= 0.3 is 0 Å². The van der Waals surface area contributed by atoms with Crippen LogP contribution in [0.2, 0.25) is 5.04 Å². The number of rotatable bonds is 4. The summed E-state index contributed by atoms with van der Waals surface area (Å²) in [5, 5.41) is 9.13. The zero-order valence-electron chi connectivity index (χ0n) is 11.4. The van der Waals surface area contributed by atoms with Crippen LogP contribution in [0.3, 0.4) is 0 Å². The lowest BCUT2D eigenvalue weighted by molar-refractivity contribution is 0.0779. The normalized spacial score (nSPS) is 13.1. The van der Waals surface area contributed by atoms with Crippen molar-refractivity contribution in [2.45, 2.75) is 58.8 Å². The highest BCUT2D eigenvalue weighted by Gasteiger charge is 2.31. The van der Waals surface area contributed by atoms with Crippen LogP contribution < -0.4 is 0 Å². The van der Waals surface area contributed by atoms with Crippen molar-refractivity contribution in [2.24, 2.45) is 0 Å². The van der Waals surface area contributed by atoms with Gasteiger partial charge in [-0.1, -0.05) is 20.8 Å². The molecule has 0 spiro atoms. The van der Waals surface area contributed by atoms with E-state index in [0.29, 0.717) is 21.4 Å². The molecule has 1 heterocycles. The Morgan fingerprint density at radius 3 is 2.29 bits per heavy atom. The Morgan fingerprint density at radius 2 is 1.88 bits per heavy atom. The van der Waals surface area contributed by atoms with Crippen LogP contribution >= 0.6 is 0 Å². The molecular formula is C12H21NO3Si. The minimum Gasteiger partial charge on any atom is -0.440 e. The number of nitrogens with zero attached hydrogens (tertiary/aromatic N) is 1. The summed E-state index contributed by atoms with van der Waals surface area (Å²) >= 11 is 0. The molecule has 0 aromatic carbocycles. The Balaban J connectivity index is 2.84. The molecule has 17 heavy (non-hydrogen) atoms. The van der Waals surface area contributed by atoms with Crippen LogP contribution in [-0.4, -0.2) is 19.9 Å². The van der Waals surface area contributed by atoms with Gasteiger partial charge in [-0.3, -0.25) is 0 Å². The first kappa shape index (κ1) is 14.4. The lowest BCUT2D eigenvalue weighted by Crippen LogP contribution is -2.27. The van der Waals surface area contributed by atoms with Crippen molar-refractivity contribution in [3.05, 3.63) is 17.3 Å². The average molecular weight is 255 g/mol. The Bertz CT molecular complexity index is 380. The van der Waals surface area contributed by atoms with Crippen LogP contribution in [-0.2, 0) is 16.6 Å². The first-order valence-corrected chi connectivity index (χ1v) is 6.59. The molecule has 0 saturated carbocycles. The van der Waals surface area contributed by atoms with E-state index in [1.54, 1.807) is 0 Å². The van der Waals surface area contributed by atoms with Crippen LogP contribution in [0, 0.1) is 6.92 Å². The van der Waals surface area contributed by atoms with E-state index >= 15 is 0 Å². The topological polar surface area (TPSA) is 55.5 Å². The first-order valence-electron chi connectivity index (χ1n) is 5.68. The van der Waals surface area contributed by atoms with Gasteiger partial charge in [-0.15, -0.1) is 0 Å². The predicted molar refractivity (Wildman–Crippen MR) is 66.7 cm³/mol. The Morgan fingerprint density at radius 1 is 1.29 bits per heavy atom. The highest BCUT2D eigenvalue weighted by atomic mass is 28.2. The molecule has 5 heteroatoms. The lowest BCUT2D eigenvalue weighted by Gasteiger charge is -2.27. The second kappa shape index (κ2) is 4.92. The fourth-order valence-corrected chi connectivity index (χ4v) is 2.06. The summed E-state index contributed by atoms with van der Waals surface area (Å²) in [4.78, 5) is 4.15. The molecule has 0 bridgehead atoms. The Labute approximate surface area is 105 Å². The van der Waals surface area contributed by atoms with E-state index in [2.05, 4.69) is 25.8 Å². The molecule has 0 aliphatic heterocycles. The molecule has 0 atom stereocenters. The molecule has 0 aliphatic carbocycles. The zero-order chi connectivity index (χ0) is 13.3. The third-order valence-corrected chi connectivity index (χ3v) is 3.36. The maximum Gasteiger partial charge on any atom is 0.237 e. The molecule has 0 unspecified atom stereocenters. The van der Waals surface area contributed by atoms with E-state index in [0.717, 1.165) is 5.69 Å². The molecule has 4 nitrogen and oxygen atoms in total. The summed E-state index contributed by atoms with van der Waals surface area (Å²) < 4.78 is 11.4. The summed E-state index contributed by atoms with van der Waals surface area (Å²) in [5.41, 5.74) is 0.258. The number of hydrogen-bond donors (Lipinski definition) is 1. The van der Waals surface area contributed by atoms with E-state index in [4.69, 9.17) is 13.9 Å². The number of aliphatic hydroxyl groups excluding tert-OH is 1. The average Bonchev–Trinajstić information content (AvgIpc) is 2.57. The maximum atomic E-state index is 9.00. The van der Waals surface area contributed by atoms with Crippen molar-refractivity contribution in [3.8, 4) is 0 Å². The molecular weight excluding hydrogens is 234 g/mol. The number of aromatic nitrogens is 1. The summed E-state index contributed by atoms with van der Waals surface area (Å²) in [7, 11) is 0.374. The molecule has 2 radical (unpaired) electrons. The molecule has 1 aromatic rings. The van der Waals surface area contributed by atoms with Gasteiger partial charge in [0.05, 0.1) is 5.69 Å². The van der Waals surface area contributed by atoms with Crippen LogP contribution in [0.1, 0.15) is 52.0 Å². The first-order chi connectivity index (χ1) is 7.65. The predicted octanol–water partition coefficient (Wildman–Crippen LogP) is 2.56. The fraction of sp³-hybridized carbons (Fsp3) is 0.750. The Hall–Kier alpha value is -0.653. The van der Waals surface area contributed by atoms with Crippen molar-refractivity contribution in [1.82, 2.24) is 4.98 Å². The molecule has 1 aromatic heterocycles. The number of aryl methyl sites for hydroxylation is 1. The van der Waals surface area contributed by atoms with Gasteiger partial charge in [0.1, 0.15) is 12.2 Å². The number of aliphatic hydroxyl groups is 1. The maximum absolute atomic E-state index is 9.00. The molecule has 0 saturated heterocycles. The summed E-state index contributed by atoms with van der Waals surface area (Å²) in [6, 6.07) is 0. The minimum atomic E-state index is -0.518. The molecule has 0 aliphatic rings. The summed E-state index contributed by atoms with van der Waals surface area (Å²) in [5.74, 6) is 1.03. The minimum absolute atomic E-state index is 0.130. The van der Waals surface area contributed by atoms with Crippen LogP contribution in [0.4, 0.5) is 0 Å². The second-order valence-corrected chi connectivity index (χ2v) is 7.55. The van der Waals surface area contributed by atoms with Gasteiger partial charge in [-0.2, -0.15) is 0 Å². The third-order valence-electron chi connectivity index (χ3n) is 2.14. The van der Waals surface area contributed by atoms with E-state index < -0.39 is 5.60 Å². The third kappa shape index (κ3) is 3.94. The number of oxazole rings is 1. The van der Waals surface area contributed by atoms with E-state index in [-0.39, 0.29) is 11.6 Å². The van der Waals surface area contributed by atoms with E-state index in [9.17, 15) is 0 Å². The van der Waals surface area contributed by atoms with Crippen molar-refractivity contribution in [3.63, 3.8) is 0 Å². The quantitative estimate of drug-likeness (QED) is 0.840. The van der Waals surface area contributed by atoms with Gasteiger partial charge in [-0.25, -0.2) is 4.98 Å². The standard InChI is InChI=1S/C12H21NO3Si/c1-8-10(15-9(7-14)13-8)12(5,6)16-17-11(2,3)4/h14H,7H2,1-6H3. The second-order valence-electron chi connectivity index (χ2n) is 5.64. The lowest BCUT2D eigenvalue weighted by atomic mass is 10.1. The number of hydrogen-bond acceptors (Lipinski definition) is 4. The summed E-state index contributed by atoms with van der Waals surface area (Å²) in [6.07, 6.45) is 0. The van der Waals surface area contributed by atoms with Gasteiger partial charge in [-0.05, 0) is 25.8 Å². The van der Waals surface area contributed by atoms with E-state index in [1.165, 1.54) is 0 Å².